The van der Waals surface area contributed by atoms with Crippen LogP contribution in [0.5, 0.6) is 0 Å². The summed E-state index contributed by atoms with van der Waals surface area (Å²) in [5, 5.41) is 19.5. The van der Waals surface area contributed by atoms with E-state index in [1.807, 2.05) is 6.08 Å². The van der Waals surface area contributed by atoms with E-state index < -0.39 is 5.97 Å². The third-order valence-corrected chi connectivity index (χ3v) is 11.7. The van der Waals surface area contributed by atoms with E-state index in [2.05, 4.69) is 34.6 Å². The number of ketones is 1. The minimum atomic E-state index is -0.857. The molecule has 4 rings (SSSR count). The van der Waals surface area contributed by atoms with Crippen molar-refractivity contribution < 1.29 is 19.8 Å². The van der Waals surface area contributed by atoms with Gasteiger partial charge < -0.3 is 10.2 Å². The molecule has 190 valence electrons. The molecule has 0 unspecified atom stereocenters. The van der Waals surface area contributed by atoms with Crippen molar-refractivity contribution in [2.24, 2.45) is 39.4 Å². The molecule has 34 heavy (non-hydrogen) atoms. The number of hydrogen-bond acceptors (Lipinski definition) is 3. The van der Waals surface area contributed by atoms with E-state index in [0.717, 1.165) is 44.9 Å². The van der Waals surface area contributed by atoms with Crippen LogP contribution in [0.4, 0.5) is 0 Å². The Kier molecular flexibility index (Phi) is 6.50. The zero-order valence-electron chi connectivity index (χ0n) is 22.3. The lowest BCUT2D eigenvalue weighted by molar-refractivity contribution is -0.139. The number of aliphatic carboxylic acids is 1. The smallest absolute Gasteiger partial charge is 0.330 e. The van der Waals surface area contributed by atoms with E-state index in [1.54, 1.807) is 18.1 Å². The Morgan fingerprint density at radius 1 is 1.03 bits per heavy atom. The predicted molar refractivity (Wildman–Crippen MR) is 135 cm³/mol. The van der Waals surface area contributed by atoms with Gasteiger partial charge in [-0.3, -0.25) is 4.79 Å². The molecule has 0 aromatic heterocycles. The number of carboxylic acid groups (broad SMARTS) is 1. The van der Waals surface area contributed by atoms with Gasteiger partial charge in [-0.05, 0) is 98.7 Å². The van der Waals surface area contributed by atoms with Crippen LogP contribution in [-0.4, -0.2) is 28.6 Å². The fourth-order valence-electron chi connectivity index (χ4n) is 9.31. The molecule has 6 atom stereocenters. The molecule has 4 aliphatic rings. The van der Waals surface area contributed by atoms with Crippen LogP contribution in [-0.2, 0) is 9.59 Å². The molecule has 4 nitrogen and oxygen atoms in total. The number of Topliss-reactive ketones (excluding diaryl/α,β-unsaturated/α-hetero) is 1. The Labute approximate surface area is 206 Å². The SMILES string of the molecule is C/C(=C\CC[C@@H](CO)[C@H]1CC[C@@]2(C)C3=C(CC[C@]12C)[C@@]1(C)CCC(=O)C(C)(C)[C@@H]1CC3)C(=O)O. The second-order valence-electron chi connectivity index (χ2n) is 13.2. The minimum absolute atomic E-state index is 0.142. The van der Waals surface area contributed by atoms with Crippen molar-refractivity contribution in [2.75, 3.05) is 6.61 Å². The van der Waals surface area contributed by atoms with Crippen LogP contribution in [0, 0.1) is 39.4 Å². The highest BCUT2D eigenvalue weighted by Crippen LogP contribution is 2.72. The van der Waals surface area contributed by atoms with E-state index in [4.69, 9.17) is 5.11 Å². The molecular formula is C30H46O4. The number of rotatable bonds is 6. The summed E-state index contributed by atoms with van der Waals surface area (Å²) >= 11 is 0. The Morgan fingerprint density at radius 2 is 1.74 bits per heavy atom. The molecule has 0 bridgehead atoms. The minimum Gasteiger partial charge on any atom is -0.478 e. The van der Waals surface area contributed by atoms with Gasteiger partial charge in [0.25, 0.3) is 0 Å². The third kappa shape index (κ3) is 3.57. The summed E-state index contributed by atoms with van der Waals surface area (Å²) in [5.74, 6) is 0.712. The number of fused-ring (bicyclic) bond motifs is 4. The van der Waals surface area contributed by atoms with Crippen LogP contribution >= 0.6 is 0 Å². The van der Waals surface area contributed by atoms with Gasteiger partial charge in [-0.1, -0.05) is 51.8 Å². The number of allylic oxidation sites excluding steroid dienone is 3. The van der Waals surface area contributed by atoms with Gasteiger partial charge >= 0.3 is 5.97 Å². The summed E-state index contributed by atoms with van der Waals surface area (Å²) < 4.78 is 0. The number of carboxylic acids is 1. The molecule has 0 aliphatic heterocycles. The molecule has 2 N–H and O–H groups in total. The fraction of sp³-hybridized carbons (Fsp3) is 0.800. The number of carbonyl (C=O) groups excluding carboxylic acids is 1. The van der Waals surface area contributed by atoms with Gasteiger partial charge in [0.1, 0.15) is 5.78 Å². The third-order valence-electron chi connectivity index (χ3n) is 11.7. The zero-order chi connectivity index (χ0) is 25.1. The molecule has 4 aliphatic carbocycles. The molecule has 0 spiro atoms. The fourth-order valence-corrected chi connectivity index (χ4v) is 9.31. The van der Waals surface area contributed by atoms with E-state index in [1.165, 1.54) is 6.42 Å². The number of carbonyl (C=O) groups is 2. The Hall–Kier alpha value is -1.42. The summed E-state index contributed by atoms with van der Waals surface area (Å²) in [6, 6.07) is 0. The van der Waals surface area contributed by atoms with E-state index in [0.29, 0.717) is 36.0 Å². The van der Waals surface area contributed by atoms with Crippen LogP contribution in [0.15, 0.2) is 22.8 Å². The van der Waals surface area contributed by atoms with Crippen molar-refractivity contribution in [1.82, 2.24) is 0 Å². The molecule has 2 fully saturated rings. The molecule has 0 aromatic rings. The van der Waals surface area contributed by atoms with Gasteiger partial charge in [-0.15, -0.1) is 0 Å². The van der Waals surface area contributed by atoms with Crippen molar-refractivity contribution >= 4 is 11.8 Å². The first-order valence-electron chi connectivity index (χ1n) is 13.6. The molecule has 2 saturated carbocycles. The maximum Gasteiger partial charge on any atom is 0.330 e. The van der Waals surface area contributed by atoms with Crippen LogP contribution in [0.3, 0.4) is 0 Å². The summed E-state index contributed by atoms with van der Waals surface area (Å²) in [6.07, 6.45) is 11.9. The van der Waals surface area contributed by atoms with Gasteiger partial charge in [0.2, 0.25) is 0 Å². The van der Waals surface area contributed by atoms with Crippen LogP contribution < -0.4 is 0 Å². The van der Waals surface area contributed by atoms with Gasteiger partial charge in [0.05, 0.1) is 0 Å². The topological polar surface area (TPSA) is 74.6 Å². The lowest BCUT2D eigenvalue weighted by Gasteiger charge is -2.61. The molecule has 0 saturated heterocycles. The number of aliphatic hydroxyl groups is 1. The number of aliphatic hydroxyl groups excluding tert-OH is 1. The molecule has 0 heterocycles. The quantitative estimate of drug-likeness (QED) is 0.334. The van der Waals surface area contributed by atoms with Crippen molar-refractivity contribution in [3.63, 3.8) is 0 Å². The standard InChI is InChI=1S/C30H46O4/c1-19(26(33)34)8-7-9-20(18-31)21-12-16-30(6)23-10-11-24-27(2,3)25(32)14-15-28(24,4)22(23)13-17-29(21,30)5/h8,20-21,24,31H,7,9-18H2,1-6H3,(H,33,34)/b19-8+/t20-,21+,24-,28+,29+,30-/m0/s1. The van der Waals surface area contributed by atoms with Gasteiger partial charge in [0.15, 0.2) is 0 Å². The predicted octanol–water partition coefficient (Wildman–Crippen LogP) is 6.72. The Morgan fingerprint density at radius 3 is 2.38 bits per heavy atom. The summed E-state index contributed by atoms with van der Waals surface area (Å²) in [5.41, 5.74) is 4.01. The first-order chi connectivity index (χ1) is 15.8. The molecule has 0 radical (unpaired) electrons. The summed E-state index contributed by atoms with van der Waals surface area (Å²) in [6.45, 7) is 13.7. The lowest BCUT2D eigenvalue weighted by Crippen LogP contribution is -2.54. The normalized spacial score (nSPS) is 40.4. The second kappa shape index (κ2) is 8.61. The monoisotopic (exact) mass is 470 g/mol. The highest BCUT2D eigenvalue weighted by Gasteiger charge is 2.63. The maximum atomic E-state index is 12.8. The highest BCUT2D eigenvalue weighted by molar-refractivity contribution is 5.86. The Balaban J connectivity index is 1.63. The molecule has 4 heteroatoms. The largest absolute Gasteiger partial charge is 0.478 e. The zero-order valence-corrected chi connectivity index (χ0v) is 22.3. The van der Waals surface area contributed by atoms with E-state index in [-0.39, 0.29) is 34.2 Å². The van der Waals surface area contributed by atoms with Crippen molar-refractivity contribution in [2.45, 2.75) is 106 Å². The van der Waals surface area contributed by atoms with Gasteiger partial charge in [-0.25, -0.2) is 4.79 Å². The summed E-state index contributed by atoms with van der Waals surface area (Å²) in [4.78, 5) is 24.0. The molecule has 0 amide bonds. The van der Waals surface area contributed by atoms with Gasteiger partial charge in [0, 0.05) is 24.0 Å². The maximum absolute atomic E-state index is 12.8. The van der Waals surface area contributed by atoms with Crippen LogP contribution in [0.1, 0.15) is 106 Å². The lowest BCUT2D eigenvalue weighted by atomic mass is 9.43. The number of hydrogen-bond donors (Lipinski definition) is 2. The van der Waals surface area contributed by atoms with Crippen LogP contribution in [0.2, 0.25) is 0 Å². The first-order valence-corrected chi connectivity index (χ1v) is 13.6. The van der Waals surface area contributed by atoms with Crippen molar-refractivity contribution in [3.05, 3.63) is 22.8 Å². The molecule has 0 aromatic carbocycles. The van der Waals surface area contributed by atoms with E-state index >= 15 is 0 Å². The average Bonchev–Trinajstić information content (AvgIpc) is 3.05. The van der Waals surface area contributed by atoms with Gasteiger partial charge in [-0.2, -0.15) is 0 Å². The Bertz CT molecular complexity index is 926. The summed E-state index contributed by atoms with van der Waals surface area (Å²) in [7, 11) is 0. The average molecular weight is 471 g/mol. The van der Waals surface area contributed by atoms with Crippen LogP contribution in [0.25, 0.3) is 0 Å². The molecular weight excluding hydrogens is 424 g/mol. The van der Waals surface area contributed by atoms with Crippen molar-refractivity contribution in [1.29, 1.82) is 0 Å². The second-order valence-corrected chi connectivity index (χ2v) is 13.2. The first kappa shape index (κ1) is 25.7. The highest BCUT2D eigenvalue weighted by atomic mass is 16.4. The van der Waals surface area contributed by atoms with E-state index in [9.17, 15) is 14.7 Å². The van der Waals surface area contributed by atoms with Crippen molar-refractivity contribution in [3.8, 4) is 0 Å².